The number of aliphatic hydroxyl groups excluding tert-OH is 1. The first-order chi connectivity index (χ1) is 9.93. The van der Waals surface area contributed by atoms with E-state index in [2.05, 4.69) is 17.2 Å². The molecule has 0 aliphatic heterocycles. The van der Waals surface area contributed by atoms with E-state index in [-0.39, 0.29) is 18.6 Å². The molecule has 0 saturated carbocycles. The first kappa shape index (κ1) is 17.4. The summed E-state index contributed by atoms with van der Waals surface area (Å²) in [6.45, 7) is 3.57. The smallest absolute Gasteiger partial charge is 0.252 e. The molecule has 2 atom stereocenters. The average Bonchev–Trinajstić information content (AvgIpc) is 2.42. The van der Waals surface area contributed by atoms with Crippen molar-refractivity contribution in [3.63, 3.8) is 0 Å². The van der Waals surface area contributed by atoms with Crippen LogP contribution >= 0.6 is 0 Å². The van der Waals surface area contributed by atoms with Gasteiger partial charge >= 0.3 is 0 Å². The maximum atomic E-state index is 12.3. The molecule has 0 spiro atoms. The van der Waals surface area contributed by atoms with Gasteiger partial charge in [-0.3, -0.25) is 9.00 Å². The number of amides is 1. The molecule has 21 heavy (non-hydrogen) atoms. The van der Waals surface area contributed by atoms with Crippen molar-refractivity contribution >= 4 is 16.7 Å². The van der Waals surface area contributed by atoms with Crippen LogP contribution in [0.25, 0.3) is 0 Å². The topological polar surface area (TPSA) is 66.4 Å². The lowest BCUT2D eigenvalue weighted by Gasteiger charge is -2.14. The summed E-state index contributed by atoms with van der Waals surface area (Å²) in [7, 11) is -0.859. The summed E-state index contributed by atoms with van der Waals surface area (Å²) in [5, 5.41) is 11.7. The Bertz CT molecular complexity index is 587. The second-order valence-corrected chi connectivity index (χ2v) is 6.50. The van der Waals surface area contributed by atoms with Crippen LogP contribution in [0, 0.1) is 18.8 Å². The zero-order valence-corrected chi connectivity index (χ0v) is 13.4. The fourth-order valence-corrected chi connectivity index (χ4v) is 2.50. The van der Waals surface area contributed by atoms with E-state index < -0.39 is 10.8 Å². The number of carbonyl (C=O) groups excluding carboxylic acids is 1. The van der Waals surface area contributed by atoms with E-state index in [0.29, 0.717) is 23.3 Å². The van der Waals surface area contributed by atoms with Crippen molar-refractivity contribution in [2.24, 2.45) is 0 Å². The van der Waals surface area contributed by atoms with Crippen molar-refractivity contribution in [1.82, 2.24) is 5.32 Å². The number of nitrogens with one attached hydrogen (secondary N) is 1. The van der Waals surface area contributed by atoms with Gasteiger partial charge in [-0.05, 0) is 38.0 Å². The van der Waals surface area contributed by atoms with Crippen molar-refractivity contribution in [3.8, 4) is 11.8 Å². The summed E-state index contributed by atoms with van der Waals surface area (Å²) in [6.07, 6.45) is 2.31. The van der Waals surface area contributed by atoms with Crippen molar-refractivity contribution < 1.29 is 14.1 Å². The lowest BCUT2D eigenvalue weighted by atomic mass is 10.0. The molecular formula is C16H21NO3S. The van der Waals surface area contributed by atoms with Crippen LogP contribution in [0.2, 0.25) is 0 Å². The van der Waals surface area contributed by atoms with Crippen LogP contribution in [-0.4, -0.2) is 39.9 Å². The van der Waals surface area contributed by atoms with E-state index in [4.69, 9.17) is 5.11 Å². The Balaban J connectivity index is 2.84. The number of rotatable bonds is 5. The molecule has 5 heteroatoms. The van der Waals surface area contributed by atoms with Crippen LogP contribution in [0.4, 0.5) is 0 Å². The minimum Gasteiger partial charge on any atom is -0.384 e. The van der Waals surface area contributed by atoms with Crippen LogP contribution in [0.1, 0.15) is 34.8 Å². The third-order valence-electron chi connectivity index (χ3n) is 2.94. The van der Waals surface area contributed by atoms with E-state index in [1.807, 2.05) is 26.0 Å². The van der Waals surface area contributed by atoms with Crippen molar-refractivity contribution in [3.05, 3.63) is 34.9 Å². The molecule has 0 radical (unpaired) electrons. The fraction of sp³-hybridized carbons (Fsp3) is 0.438. The van der Waals surface area contributed by atoms with Gasteiger partial charge in [0, 0.05) is 34.4 Å². The number of hydrogen-bond donors (Lipinski definition) is 2. The van der Waals surface area contributed by atoms with Gasteiger partial charge in [0.1, 0.15) is 6.61 Å². The third kappa shape index (κ3) is 6.11. The highest BCUT2D eigenvalue weighted by molar-refractivity contribution is 7.84. The first-order valence-corrected chi connectivity index (χ1v) is 8.48. The Morgan fingerprint density at radius 1 is 1.48 bits per heavy atom. The van der Waals surface area contributed by atoms with E-state index in [1.165, 1.54) is 0 Å². The number of aliphatic hydroxyl groups is 1. The number of hydrogen-bond acceptors (Lipinski definition) is 3. The van der Waals surface area contributed by atoms with E-state index in [1.54, 1.807) is 12.3 Å². The maximum Gasteiger partial charge on any atom is 0.252 e. The molecule has 1 rings (SSSR count). The molecular weight excluding hydrogens is 286 g/mol. The molecule has 4 nitrogen and oxygen atoms in total. The normalized spacial score (nSPS) is 13.0. The predicted molar refractivity (Wildman–Crippen MR) is 85.6 cm³/mol. The van der Waals surface area contributed by atoms with Crippen molar-refractivity contribution in [1.29, 1.82) is 0 Å². The Hall–Kier alpha value is -1.64. The third-order valence-corrected chi connectivity index (χ3v) is 3.75. The predicted octanol–water partition coefficient (Wildman–Crippen LogP) is 1.23. The van der Waals surface area contributed by atoms with Crippen molar-refractivity contribution in [2.75, 3.05) is 18.6 Å². The van der Waals surface area contributed by atoms with Crippen LogP contribution in [0.3, 0.4) is 0 Å². The fourth-order valence-electron chi connectivity index (χ4n) is 1.81. The van der Waals surface area contributed by atoms with Gasteiger partial charge in [-0.2, -0.15) is 0 Å². The quantitative estimate of drug-likeness (QED) is 0.804. The van der Waals surface area contributed by atoms with Gasteiger partial charge in [0.15, 0.2) is 0 Å². The number of carbonyl (C=O) groups is 1. The van der Waals surface area contributed by atoms with Crippen LogP contribution in [0.15, 0.2) is 18.2 Å². The molecule has 0 aromatic heterocycles. The highest BCUT2D eigenvalue weighted by Gasteiger charge is 2.13. The molecule has 0 bridgehead atoms. The van der Waals surface area contributed by atoms with Crippen LogP contribution < -0.4 is 5.32 Å². The van der Waals surface area contributed by atoms with Gasteiger partial charge < -0.3 is 10.4 Å². The lowest BCUT2D eigenvalue weighted by molar-refractivity contribution is 0.0939. The summed E-state index contributed by atoms with van der Waals surface area (Å²) in [5.41, 5.74) is 2.10. The molecule has 0 heterocycles. The molecule has 0 saturated heterocycles. The van der Waals surface area contributed by atoms with Gasteiger partial charge in [0.2, 0.25) is 0 Å². The molecule has 2 N–H and O–H groups in total. The van der Waals surface area contributed by atoms with Gasteiger partial charge in [-0.25, -0.2) is 0 Å². The zero-order valence-electron chi connectivity index (χ0n) is 12.6. The van der Waals surface area contributed by atoms with Gasteiger partial charge in [0.05, 0.1) is 5.56 Å². The molecule has 2 unspecified atom stereocenters. The van der Waals surface area contributed by atoms with Gasteiger partial charge in [-0.1, -0.05) is 17.9 Å². The Labute approximate surface area is 128 Å². The second-order valence-electron chi connectivity index (χ2n) is 4.95. The van der Waals surface area contributed by atoms with Crippen LogP contribution in [-0.2, 0) is 10.8 Å². The highest BCUT2D eigenvalue weighted by atomic mass is 32.2. The van der Waals surface area contributed by atoms with Crippen molar-refractivity contribution in [2.45, 2.75) is 26.3 Å². The molecule has 1 amide bonds. The number of benzene rings is 1. The summed E-state index contributed by atoms with van der Waals surface area (Å²) in [5.74, 6) is 5.72. The number of aryl methyl sites for hydroxylation is 1. The standard InChI is InChI=1S/C16H21NO3S/c1-12-6-7-15(14(11-12)5-4-9-18)16(19)17-13(2)8-10-21(3)20/h6-7,11,13,18H,8-10H2,1-3H3,(H,17,19). The van der Waals surface area contributed by atoms with Gasteiger partial charge in [0.25, 0.3) is 5.91 Å². The highest BCUT2D eigenvalue weighted by Crippen LogP contribution is 2.11. The minimum atomic E-state index is -0.859. The van der Waals surface area contributed by atoms with Crippen LogP contribution in [0.5, 0.6) is 0 Å². The molecule has 1 aromatic rings. The summed E-state index contributed by atoms with van der Waals surface area (Å²) >= 11 is 0. The lowest BCUT2D eigenvalue weighted by Crippen LogP contribution is -2.34. The van der Waals surface area contributed by atoms with Gasteiger partial charge in [-0.15, -0.1) is 0 Å². The molecule has 1 aromatic carbocycles. The molecule has 0 aliphatic carbocycles. The van der Waals surface area contributed by atoms with E-state index >= 15 is 0 Å². The average molecular weight is 307 g/mol. The second kappa shape index (κ2) is 8.60. The Kier molecular flexibility index (Phi) is 7.13. The summed E-state index contributed by atoms with van der Waals surface area (Å²) in [6, 6.07) is 5.35. The monoisotopic (exact) mass is 307 g/mol. The zero-order chi connectivity index (χ0) is 15.8. The minimum absolute atomic E-state index is 0.0543. The SMILES string of the molecule is Cc1ccc(C(=O)NC(C)CCS(C)=O)c(C#CCO)c1. The maximum absolute atomic E-state index is 12.3. The largest absolute Gasteiger partial charge is 0.384 e. The summed E-state index contributed by atoms with van der Waals surface area (Å²) < 4.78 is 11.1. The summed E-state index contributed by atoms with van der Waals surface area (Å²) in [4.78, 5) is 12.3. The molecule has 0 fully saturated rings. The molecule has 114 valence electrons. The Morgan fingerprint density at radius 3 is 2.81 bits per heavy atom. The van der Waals surface area contributed by atoms with E-state index in [0.717, 1.165) is 5.56 Å². The molecule has 0 aliphatic rings. The van der Waals surface area contributed by atoms with E-state index in [9.17, 15) is 9.00 Å². The Morgan fingerprint density at radius 2 is 2.19 bits per heavy atom. The first-order valence-electron chi connectivity index (χ1n) is 6.75.